The van der Waals surface area contributed by atoms with Gasteiger partial charge in [0, 0.05) is 23.5 Å². The molecule has 20 heavy (non-hydrogen) atoms. The number of carbonyl (C=O) groups excluding carboxylic acids is 1. The van der Waals surface area contributed by atoms with Crippen LogP contribution in [-0.2, 0) is 25.8 Å². The number of aryl methyl sites for hydroxylation is 1. The number of rotatable bonds is 3. The molecule has 5 nitrogen and oxygen atoms in total. The lowest BCUT2D eigenvalue weighted by atomic mass is 9.97. The molecular formula is C14H16O5S. The van der Waals surface area contributed by atoms with Crippen molar-refractivity contribution in [3.05, 3.63) is 34.9 Å². The van der Waals surface area contributed by atoms with Crippen molar-refractivity contribution in [1.29, 1.82) is 0 Å². The first-order valence-electron chi connectivity index (χ1n) is 6.20. The van der Waals surface area contributed by atoms with E-state index in [9.17, 15) is 18.3 Å². The minimum Gasteiger partial charge on any atom is -0.506 e. The third kappa shape index (κ3) is 2.43. The fraction of sp³-hybridized carbons (Fsp3) is 0.357. The van der Waals surface area contributed by atoms with E-state index in [0.717, 1.165) is 6.26 Å². The van der Waals surface area contributed by atoms with Crippen molar-refractivity contribution in [2.24, 2.45) is 0 Å². The smallest absolute Gasteiger partial charge is 0.331 e. The van der Waals surface area contributed by atoms with Crippen molar-refractivity contribution >= 4 is 15.8 Å². The molecule has 0 unspecified atom stereocenters. The number of hydrogen-bond acceptors (Lipinski definition) is 5. The van der Waals surface area contributed by atoms with E-state index in [1.165, 1.54) is 6.08 Å². The zero-order valence-corrected chi connectivity index (χ0v) is 12.3. The highest BCUT2D eigenvalue weighted by molar-refractivity contribution is 7.90. The molecule has 1 atom stereocenters. The van der Waals surface area contributed by atoms with E-state index in [1.54, 1.807) is 26.0 Å². The Morgan fingerprint density at radius 1 is 1.40 bits per heavy atom. The second kappa shape index (κ2) is 4.94. The number of phenolic OH excluding ortho intramolecular Hbond substituents is 1. The highest BCUT2D eigenvalue weighted by Gasteiger charge is 2.27. The zero-order valence-electron chi connectivity index (χ0n) is 11.5. The van der Waals surface area contributed by atoms with Crippen LogP contribution in [0.15, 0.2) is 23.1 Å². The van der Waals surface area contributed by atoms with Gasteiger partial charge in [-0.1, -0.05) is 13.0 Å². The second-order valence-corrected chi connectivity index (χ2v) is 6.73. The van der Waals surface area contributed by atoms with E-state index < -0.39 is 21.9 Å². The Morgan fingerprint density at radius 2 is 2.05 bits per heavy atom. The van der Waals surface area contributed by atoms with Gasteiger partial charge in [0.05, 0.1) is 0 Å². The largest absolute Gasteiger partial charge is 0.506 e. The summed E-state index contributed by atoms with van der Waals surface area (Å²) in [5, 5.41) is 10.3. The van der Waals surface area contributed by atoms with Crippen LogP contribution in [0.5, 0.6) is 5.75 Å². The Labute approximate surface area is 117 Å². The van der Waals surface area contributed by atoms with Crippen LogP contribution in [0.25, 0.3) is 0 Å². The predicted octanol–water partition coefficient (Wildman–Crippen LogP) is 1.82. The van der Waals surface area contributed by atoms with Gasteiger partial charge in [0.1, 0.15) is 16.7 Å². The molecular weight excluding hydrogens is 280 g/mol. The Bertz CT molecular complexity index is 701. The lowest BCUT2D eigenvalue weighted by molar-refractivity contribution is -0.138. The van der Waals surface area contributed by atoms with Crippen molar-refractivity contribution in [3.63, 3.8) is 0 Å². The molecule has 108 valence electrons. The summed E-state index contributed by atoms with van der Waals surface area (Å²) in [5.41, 5.74) is 1.55. The average Bonchev–Trinajstić information content (AvgIpc) is 2.73. The summed E-state index contributed by atoms with van der Waals surface area (Å²) in [6.45, 7) is 3.42. The standard InChI is InChI=1S/C14H16O5S/c1-4-9-10(11-5-6-12(15)19-11)7-8(2)14(13(9)16)20(3,17)18/h5-7,11,16H,4H2,1-3H3/t11-/m1/s1. The van der Waals surface area contributed by atoms with Gasteiger partial charge in [-0.05, 0) is 25.0 Å². The quantitative estimate of drug-likeness (QED) is 0.861. The fourth-order valence-corrected chi connectivity index (χ4v) is 3.59. The molecule has 0 aliphatic carbocycles. The van der Waals surface area contributed by atoms with E-state index in [0.29, 0.717) is 23.1 Å². The summed E-state index contributed by atoms with van der Waals surface area (Å²) in [6.07, 6.45) is 3.84. The first-order valence-corrected chi connectivity index (χ1v) is 8.09. The molecule has 1 aliphatic heterocycles. The van der Waals surface area contributed by atoms with Gasteiger partial charge in [0.15, 0.2) is 9.84 Å². The molecule has 0 amide bonds. The molecule has 6 heteroatoms. The number of cyclic esters (lactones) is 1. The number of aromatic hydroxyl groups is 1. The Morgan fingerprint density at radius 3 is 2.50 bits per heavy atom. The molecule has 1 aromatic carbocycles. The molecule has 1 aliphatic rings. The van der Waals surface area contributed by atoms with Gasteiger partial charge in [0.25, 0.3) is 0 Å². The zero-order chi connectivity index (χ0) is 15.1. The van der Waals surface area contributed by atoms with E-state index in [4.69, 9.17) is 4.74 Å². The van der Waals surface area contributed by atoms with Gasteiger partial charge < -0.3 is 9.84 Å². The van der Waals surface area contributed by atoms with E-state index >= 15 is 0 Å². The van der Waals surface area contributed by atoms with Crippen LogP contribution < -0.4 is 0 Å². The molecule has 0 radical (unpaired) electrons. The molecule has 2 rings (SSSR count). The predicted molar refractivity (Wildman–Crippen MR) is 73.3 cm³/mol. The summed E-state index contributed by atoms with van der Waals surface area (Å²) in [5.74, 6) is -0.692. The SMILES string of the molecule is CCc1c([C@H]2C=CC(=O)O2)cc(C)c(S(C)(=O)=O)c1O. The molecule has 0 spiro atoms. The number of ether oxygens (including phenoxy) is 1. The highest BCUT2D eigenvalue weighted by Crippen LogP contribution is 2.38. The van der Waals surface area contributed by atoms with Crippen LogP contribution in [0.2, 0.25) is 0 Å². The molecule has 0 bridgehead atoms. The van der Waals surface area contributed by atoms with Gasteiger partial charge in [-0.3, -0.25) is 0 Å². The van der Waals surface area contributed by atoms with Crippen molar-refractivity contribution in [2.45, 2.75) is 31.3 Å². The minimum absolute atomic E-state index is 0.0635. The third-order valence-corrected chi connectivity index (χ3v) is 4.52. The number of phenols is 1. The van der Waals surface area contributed by atoms with Crippen LogP contribution in [0.1, 0.15) is 29.7 Å². The molecule has 0 saturated carbocycles. The Kier molecular flexibility index (Phi) is 3.60. The minimum atomic E-state index is -3.52. The van der Waals surface area contributed by atoms with Crippen LogP contribution in [0.3, 0.4) is 0 Å². The number of benzene rings is 1. The first-order chi connectivity index (χ1) is 9.25. The van der Waals surface area contributed by atoms with E-state index in [2.05, 4.69) is 0 Å². The van der Waals surface area contributed by atoms with Gasteiger partial charge in [-0.25, -0.2) is 13.2 Å². The summed E-state index contributed by atoms with van der Waals surface area (Å²) < 4.78 is 28.7. The summed E-state index contributed by atoms with van der Waals surface area (Å²) in [7, 11) is -3.52. The lowest BCUT2D eigenvalue weighted by Gasteiger charge is -2.18. The van der Waals surface area contributed by atoms with Gasteiger partial charge in [-0.2, -0.15) is 0 Å². The van der Waals surface area contributed by atoms with Crippen LogP contribution in [-0.4, -0.2) is 25.7 Å². The van der Waals surface area contributed by atoms with Crippen LogP contribution in [0.4, 0.5) is 0 Å². The van der Waals surface area contributed by atoms with Crippen molar-refractivity contribution in [2.75, 3.05) is 6.26 Å². The lowest BCUT2D eigenvalue weighted by Crippen LogP contribution is -2.08. The maximum Gasteiger partial charge on any atom is 0.331 e. The molecule has 1 N–H and O–H groups in total. The monoisotopic (exact) mass is 296 g/mol. The highest BCUT2D eigenvalue weighted by atomic mass is 32.2. The normalized spacial score (nSPS) is 18.4. The first kappa shape index (κ1) is 14.6. The summed E-state index contributed by atoms with van der Waals surface area (Å²) in [4.78, 5) is 11.1. The van der Waals surface area contributed by atoms with E-state index in [-0.39, 0.29) is 10.6 Å². The van der Waals surface area contributed by atoms with E-state index in [1.807, 2.05) is 0 Å². The summed E-state index contributed by atoms with van der Waals surface area (Å²) >= 11 is 0. The molecule has 1 heterocycles. The van der Waals surface area contributed by atoms with Crippen molar-refractivity contribution in [3.8, 4) is 5.75 Å². The number of carbonyl (C=O) groups is 1. The number of esters is 1. The average molecular weight is 296 g/mol. The Hall–Kier alpha value is -1.82. The maximum atomic E-state index is 11.8. The van der Waals surface area contributed by atoms with Crippen LogP contribution >= 0.6 is 0 Å². The molecule has 1 aromatic rings. The van der Waals surface area contributed by atoms with Gasteiger partial charge >= 0.3 is 5.97 Å². The number of hydrogen-bond donors (Lipinski definition) is 1. The third-order valence-electron chi connectivity index (χ3n) is 3.26. The Balaban J connectivity index is 2.67. The molecule has 0 aromatic heterocycles. The van der Waals surface area contributed by atoms with Gasteiger partial charge in [0.2, 0.25) is 0 Å². The van der Waals surface area contributed by atoms with Crippen molar-refractivity contribution < 1.29 is 23.1 Å². The molecule has 0 saturated heterocycles. The topological polar surface area (TPSA) is 80.7 Å². The fourth-order valence-electron chi connectivity index (χ4n) is 2.48. The number of sulfone groups is 1. The summed E-state index contributed by atoms with van der Waals surface area (Å²) in [6, 6.07) is 1.66. The second-order valence-electron chi connectivity index (χ2n) is 4.78. The van der Waals surface area contributed by atoms with Crippen molar-refractivity contribution in [1.82, 2.24) is 0 Å². The maximum absolute atomic E-state index is 11.8. The van der Waals surface area contributed by atoms with Crippen LogP contribution in [0, 0.1) is 6.92 Å². The van der Waals surface area contributed by atoms with Gasteiger partial charge in [-0.15, -0.1) is 0 Å². The molecule has 0 fully saturated rings.